The average Bonchev–Trinajstić information content (AvgIpc) is 0.722. The van der Waals surface area contributed by atoms with Crippen molar-refractivity contribution in [3.05, 3.63) is 0 Å². The number of rotatable bonds is 0. The summed E-state index contributed by atoms with van der Waals surface area (Å²) in [4.78, 5) is 21.6. The molecule has 0 radical (unpaired) electrons. The first-order valence-electron chi connectivity index (χ1n) is 0.783. The summed E-state index contributed by atoms with van der Waals surface area (Å²) < 4.78 is 8.88. The molecule has 0 saturated carbocycles. The van der Waals surface area contributed by atoms with Crippen LogP contribution >= 0.6 is 7.82 Å². The van der Waals surface area contributed by atoms with Crippen molar-refractivity contribution >= 4 is 170 Å². The summed E-state index contributed by atoms with van der Waals surface area (Å²) in [5.74, 6) is 0. The Labute approximate surface area is 183 Å². The summed E-state index contributed by atoms with van der Waals surface area (Å²) in [6.45, 7) is 0. The van der Waals surface area contributed by atoms with Crippen molar-refractivity contribution in [2.45, 2.75) is 0 Å². The quantitative estimate of drug-likeness (QED) is 0.295. The van der Waals surface area contributed by atoms with Crippen LogP contribution in [0.3, 0.4) is 0 Å². The molecule has 4 nitrogen and oxygen atoms in total. The summed E-state index contributed by atoms with van der Waals surface area (Å²) in [5, 5.41) is 0. The predicted molar refractivity (Wildman–Crippen MR) is 42.9 cm³/mol. The maximum atomic E-state index is 8.88. The van der Waals surface area contributed by atoms with E-state index in [4.69, 9.17) is 19.2 Å². The molecule has 9 heteroatoms. The molecule has 0 aromatic rings. The molecule has 0 aliphatic carbocycles. The fourth-order valence-electron chi connectivity index (χ4n) is 0. The Hall–Kier alpha value is 5.38. The van der Waals surface area contributed by atoms with Gasteiger partial charge in [0.05, 0.1) is 0 Å². The van der Waals surface area contributed by atoms with Crippen LogP contribution in [-0.4, -0.2) is 177 Å². The van der Waals surface area contributed by atoms with Crippen LogP contribution in [0.1, 0.15) is 0 Å². The number of hydrogen-bond donors (Lipinski definition) is 3. The van der Waals surface area contributed by atoms with Crippen LogP contribution in [0, 0.1) is 0 Å². The van der Waals surface area contributed by atoms with Gasteiger partial charge in [0.1, 0.15) is 0 Å². The van der Waals surface area contributed by atoms with Gasteiger partial charge in [-0.25, -0.2) is 4.57 Å². The first-order chi connectivity index (χ1) is 2.00. The van der Waals surface area contributed by atoms with E-state index >= 15 is 0 Å². The van der Waals surface area contributed by atoms with Crippen LogP contribution in [0.2, 0.25) is 0 Å². The molecule has 0 atom stereocenters. The zero-order valence-electron chi connectivity index (χ0n) is 2.20. The van der Waals surface area contributed by atoms with Gasteiger partial charge in [0.25, 0.3) is 0 Å². The molecular weight excluding hydrogens is 219 g/mol. The molecule has 0 aliphatic rings. The molecular formula is H7K2Na2O4P. The van der Waals surface area contributed by atoms with Gasteiger partial charge in [-0.05, 0) is 0 Å². The summed E-state index contributed by atoms with van der Waals surface area (Å²) in [6.07, 6.45) is 0. The summed E-state index contributed by atoms with van der Waals surface area (Å²) in [7, 11) is -4.64. The summed E-state index contributed by atoms with van der Waals surface area (Å²) in [6, 6.07) is 0. The van der Waals surface area contributed by atoms with E-state index in [9.17, 15) is 0 Å². The van der Waals surface area contributed by atoms with E-state index in [2.05, 4.69) is 0 Å². The minimum atomic E-state index is -4.64. The molecule has 0 rings (SSSR count). The predicted octanol–water partition coefficient (Wildman–Crippen LogP) is -3.52. The van der Waals surface area contributed by atoms with Gasteiger partial charge >= 0.3 is 170 Å². The van der Waals surface area contributed by atoms with Crippen molar-refractivity contribution < 1.29 is 19.2 Å². The van der Waals surface area contributed by atoms with Crippen LogP contribution in [0.4, 0.5) is 0 Å². The zero-order chi connectivity index (χ0) is 4.50. The van der Waals surface area contributed by atoms with Crippen LogP contribution in [0.25, 0.3) is 0 Å². The third kappa shape index (κ3) is 59.8. The van der Waals surface area contributed by atoms with Crippen molar-refractivity contribution in [2.24, 2.45) is 0 Å². The number of phosphoric acid groups is 1. The molecule has 0 aromatic heterocycles. The molecule has 0 saturated heterocycles. The molecule has 0 amide bonds. The Morgan fingerprint density at radius 2 is 0.889 bits per heavy atom. The molecule has 0 aliphatic heterocycles. The molecule has 0 bridgehead atoms. The van der Waals surface area contributed by atoms with Gasteiger partial charge in [0.2, 0.25) is 0 Å². The summed E-state index contributed by atoms with van der Waals surface area (Å²) >= 11 is 0. The second kappa shape index (κ2) is 15.8. The van der Waals surface area contributed by atoms with Gasteiger partial charge in [-0.3, -0.25) is 0 Å². The van der Waals surface area contributed by atoms with E-state index in [-0.39, 0.29) is 162 Å². The van der Waals surface area contributed by atoms with E-state index in [0.29, 0.717) is 0 Å². The molecule has 0 unspecified atom stereocenters. The second-order valence-electron chi connectivity index (χ2n) is 0.513. The molecule has 0 aromatic carbocycles. The zero-order valence-corrected chi connectivity index (χ0v) is 3.09. The van der Waals surface area contributed by atoms with Crippen LogP contribution in [0.5, 0.6) is 0 Å². The fourth-order valence-corrected chi connectivity index (χ4v) is 0. The Balaban J connectivity index is -0.0000000133. The van der Waals surface area contributed by atoms with Crippen LogP contribution < -0.4 is 0 Å². The first-order valence-corrected chi connectivity index (χ1v) is 2.35. The van der Waals surface area contributed by atoms with Gasteiger partial charge in [-0.1, -0.05) is 0 Å². The standard InChI is InChI=1S/2K.2Na.H3O4P.4H/c;;;;1-5(2,3)4;;;;/h;;;;(H3,1,2,3,4);;;;. The van der Waals surface area contributed by atoms with Gasteiger partial charge in [0, 0.05) is 0 Å². The van der Waals surface area contributed by atoms with E-state index in [0.717, 1.165) is 0 Å². The Morgan fingerprint density at radius 1 is 0.889 bits per heavy atom. The van der Waals surface area contributed by atoms with Crippen molar-refractivity contribution in [1.29, 1.82) is 0 Å². The Kier molecular flexibility index (Phi) is 51.5. The van der Waals surface area contributed by atoms with Crippen LogP contribution in [0.15, 0.2) is 0 Å². The monoisotopic (exact) mass is 226 g/mol. The van der Waals surface area contributed by atoms with E-state index in [1.807, 2.05) is 0 Å². The molecule has 40 valence electrons. The van der Waals surface area contributed by atoms with Gasteiger partial charge in [0.15, 0.2) is 0 Å². The van der Waals surface area contributed by atoms with E-state index in [1.165, 1.54) is 0 Å². The second-order valence-corrected chi connectivity index (χ2v) is 1.54. The fraction of sp³-hybridized carbons (Fsp3) is 0. The van der Waals surface area contributed by atoms with E-state index in [1.54, 1.807) is 0 Å². The van der Waals surface area contributed by atoms with Crippen molar-refractivity contribution in [1.82, 2.24) is 0 Å². The van der Waals surface area contributed by atoms with Crippen molar-refractivity contribution in [2.75, 3.05) is 0 Å². The molecule has 9 heavy (non-hydrogen) atoms. The van der Waals surface area contributed by atoms with Gasteiger partial charge in [-0.2, -0.15) is 0 Å². The topological polar surface area (TPSA) is 77.8 Å². The first kappa shape index (κ1) is 29.3. The van der Waals surface area contributed by atoms with Gasteiger partial charge in [-0.15, -0.1) is 0 Å². The van der Waals surface area contributed by atoms with E-state index < -0.39 is 7.82 Å². The minimum absolute atomic E-state index is 0. The normalized spacial score (nSPS) is 6.56. The Bertz CT molecular complexity index is 62.7. The Morgan fingerprint density at radius 3 is 0.889 bits per heavy atom. The molecule has 0 heterocycles. The molecule has 0 fully saturated rings. The maximum absolute atomic E-state index is 8.88. The number of hydrogen-bond acceptors (Lipinski definition) is 1. The summed E-state index contributed by atoms with van der Waals surface area (Å²) in [5.41, 5.74) is 0. The third-order valence-electron chi connectivity index (χ3n) is 0. The third-order valence-corrected chi connectivity index (χ3v) is 0. The SMILES string of the molecule is O=P(O)(O)O.[KH].[KH].[NaH].[NaH]. The van der Waals surface area contributed by atoms with Crippen molar-refractivity contribution in [3.63, 3.8) is 0 Å². The van der Waals surface area contributed by atoms with Gasteiger partial charge < -0.3 is 14.7 Å². The van der Waals surface area contributed by atoms with Crippen molar-refractivity contribution in [3.8, 4) is 0 Å². The average molecular weight is 226 g/mol. The molecule has 0 spiro atoms. The molecule has 3 N–H and O–H groups in total. The van der Waals surface area contributed by atoms with Crippen LogP contribution in [-0.2, 0) is 4.57 Å².